The number of hydrogen-bond acceptors (Lipinski definition) is 5. The van der Waals surface area contributed by atoms with E-state index in [0.717, 1.165) is 11.1 Å². The number of pyridine rings is 1. The van der Waals surface area contributed by atoms with Gasteiger partial charge in [0.2, 0.25) is 0 Å². The van der Waals surface area contributed by atoms with Crippen molar-refractivity contribution in [3.05, 3.63) is 54.2 Å². The van der Waals surface area contributed by atoms with E-state index < -0.39 is 18.8 Å². The molecule has 0 radical (unpaired) electrons. The van der Waals surface area contributed by atoms with E-state index in [4.69, 9.17) is 4.74 Å². The molecule has 0 saturated carbocycles. The zero-order valence-corrected chi connectivity index (χ0v) is 16.4. The molecule has 0 aliphatic heterocycles. The fraction of sp³-hybridized carbons (Fsp3) is 0.300. The van der Waals surface area contributed by atoms with Crippen LogP contribution in [0.15, 0.2) is 48.5 Å². The first-order chi connectivity index (χ1) is 13.2. The van der Waals surface area contributed by atoms with Crippen LogP contribution in [0.25, 0.3) is 16.7 Å². The largest absolute Gasteiger partial charge is 0.506 e. The number of ether oxygens (including phenoxy) is 1. The molecule has 7 nitrogen and oxygen atoms in total. The lowest BCUT2D eigenvalue weighted by Crippen LogP contribution is -2.35. The Hall–Kier alpha value is -2.84. The number of amides is 1. The summed E-state index contributed by atoms with van der Waals surface area (Å²) in [5.41, 5.74) is 1.70. The number of nitrogens with one attached hydrogen (secondary N) is 1. The highest BCUT2D eigenvalue weighted by atomic mass is 16.6. The smallest absolute Gasteiger partial charge is 0.444 e. The van der Waals surface area contributed by atoms with Gasteiger partial charge >= 0.3 is 13.2 Å². The Morgan fingerprint density at radius 1 is 1.18 bits per heavy atom. The Kier molecular flexibility index (Phi) is 5.44. The number of fused-ring (bicyclic) bond motifs is 1. The SMILES string of the molecule is C[C@@H](NC(=O)OC(C)(C)C)c1ccc2cc(B(O)O)n(-c3ccccc3)c2n1. The Morgan fingerprint density at radius 3 is 2.46 bits per heavy atom. The predicted molar refractivity (Wildman–Crippen MR) is 109 cm³/mol. The van der Waals surface area contributed by atoms with Crippen molar-refractivity contribution < 1.29 is 19.6 Å². The molecule has 3 N–H and O–H groups in total. The van der Waals surface area contributed by atoms with Crippen LogP contribution >= 0.6 is 0 Å². The van der Waals surface area contributed by atoms with Crippen molar-refractivity contribution in [2.75, 3.05) is 0 Å². The van der Waals surface area contributed by atoms with Crippen LogP contribution in [-0.4, -0.2) is 38.4 Å². The predicted octanol–water partition coefficient (Wildman–Crippen LogP) is 2.29. The first-order valence-electron chi connectivity index (χ1n) is 9.09. The van der Waals surface area contributed by atoms with Gasteiger partial charge in [-0.2, -0.15) is 0 Å². The summed E-state index contributed by atoms with van der Waals surface area (Å²) < 4.78 is 6.99. The number of carbonyl (C=O) groups excluding carboxylic acids is 1. The summed E-state index contributed by atoms with van der Waals surface area (Å²) >= 11 is 0. The summed E-state index contributed by atoms with van der Waals surface area (Å²) in [6.07, 6.45) is -0.521. The van der Waals surface area contributed by atoms with E-state index in [2.05, 4.69) is 10.3 Å². The molecule has 0 aliphatic carbocycles. The molecule has 0 saturated heterocycles. The van der Waals surface area contributed by atoms with E-state index in [1.165, 1.54) is 0 Å². The van der Waals surface area contributed by atoms with Gasteiger partial charge in [-0.25, -0.2) is 9.78 Å². The Labute approximate surface area is 164 Å². The molecule has 2 aromatic heterocycles. The number of para-hydroxylation sites is 1. The molecular weight excluding hydrogens is 357 g/mol. The summed E-state index contributed by atoms with van der Waals surface area (Å²) in [4.78, 5) is 16.7. The Balaban J connectivity index is 2.00. The minimum Gasteiger partial charge on any atom is -0.444 e. The fourth-order valence-corrected chi connectivity index (χ4v) is 2.95. The lowest BCUT2D eigenvalue weighted by atomic mass is 9.86. The van der Waals surface area contributed by atoms with Crippen molar-refractivity contribution in [3.8, 4) is 5.69 Å². The van der Waals surface area contributed by atoms with Crippen molar-refractivity contribution >= 4 is 29.8 Å². The summed E-state index contributed by atoms with van der Waals surface area (Å²) in [5.74, 6) is 0. The van der Waals surface area contributed by atoms with Gasteiger partial charge in [-0.3, -0.25) is 0 Å². The summed E-state index contributed by atoms with van der Waals surface area (Å²) in [6.45, 7) is 7.22. The summed E-state index contributed by atoms with van der Waals surface area (Å²) in [5, 5.41) is 23.2. The second-order valence-corrected chi connectivity index (χ2v) is 7.63. The monoisotopic (exact) mass is 381 g/mol. The van der Waals surface area contributed by atoms with Gasteiger partial charge in [0.05, 0.1) is 17.3 Å². The van der Waals surface area contributed by atoms with Gasteiger partial charge < -0.3 is 24.7 Å². The van der Waals surface area contributed by atoms with Gasteiger partial charge in [-0.15, -0.1) is 0 Å². The second-order valence-electron chi connectivity index (χ2n) is 7.63. The van der Waals surface area contributed by atoms with E-state index in [0.29, 0.717) is 16.9 Å². The van der Waals surface area contributed by atoms with E-state index in [1.807, 2.05) is 43.3 Å². The maximum absolute atomic E-state index is 12.1. The van der Waals surface area contributed by atoms with E-state index in [-0.39, 0.29) is 6.04 Å². The molecule has 0 spiro atoms. The summed E-state index contributed by atoms with van der Waals surface area (Å²) in [6, 6.07) is 14.3. The number of hydrogen-bond donors (Lipinski definition) is 3. The van der Waals surface area contributed by atoms with Crippen LogP contribution < -0.4 is 10.9 Å². The quantitative estimate of drug-likeness (QED) is 0.603. The molecule has 146 valence electrons. The third-order valence-electron chi connectivity index (χ3n) is 4.16. The van der Waals surface area contributed by atoms with Crippen molar-refractivity contribution in [2.24, 2.45) is 0 Å². The van der Waals surface area contributed by atoms with Crippen molar-refractivity contribution in [1.82, 2.24) is 14.9 Å². The molecule has 1 aromatic carbocycles. The lowest BCUT2D eigenvalue weighted by Gasteiger charge is -2.22. The van der Waals surface area contributed by atoms with Gasteiger partial charge in [0.25, 0.3) is 0 Å². The first kappa shape index (κ1) is 19.9. The standard InChI is InChI=1S/C20H24BN3O4/c1-13(22-19(25)28-20(2,3)4)16-11-10-14-12-17(21(26)27)24(18(14)23-16)15-8-6-5-7-9-15/h5-13,26-27H,1-4H3,(H,22,25)/t13-/m1/s1. The molecule has 3 rings (SSSR count). The second kappa shape index (κ2) is 7.65. The van der Waals surface area contributed by atoms with Gasteiger partial charge in [-0.05, 0) is 58.0 Å². The minimum atomic E-state index is -1.64. The van der Waals surface area contributed by atoms with E-state index in [1.54, 1.807) is 37.5 Å². The van der Waals surface area contributed by atoms with Crippen molar-refractivity contribution in [1.29, 1.82) is 0 Å². The molecular formula is C20H24BN3O4. The van der Waals surface area contributed by atoms with Crippen molar-refractivity contribution in [2.45, 2.75) is 39.3 Å². The lowest BCUT2D eigenvalue weighted by molar-refractivity contribution is 0.0507. The fourth-order valence-electron chi connectivity index (χ4n) is 2.95. The molecule has 8 heteroatoms. The molecule has 2 heterocycles. The Morgan fingerprint density at radius 2 is 1.86 bits per heavy atom. The molecule has 0 aliphatic rings. The maximum atomic E-state index is 12.1. The van der Waals surface area contributed by atoms with Gasteiger partial charge in [0.15, 0.2) is 0 Å². The number of aromatic nitrogens is 2. The first-order valence-corrected chi connectivity index (χ1v) is 9.09. The van der Waals surface area contributed by atoms with E-state index >= 15 is 0 Å². The molecule has 0 unspecified atom stereocenters. The van der Waals surface area contributed by atoms with Crippen LogP contribution in [0.4, 0.5) is 4.79 Å². The number of rotatable bonds is 4. The summed E-state index contributed by atoms with van der Waals surface area (Å²) in [7, 11) is -1.64. The van der Waals surface area contributed by atoms with Gasteiger partial charge in [0.1, 0.15) is 11.2 Å². The normalized spacial score (nSPS) is 12.6. The number of nitrogens with zero attached hydrogens (tertiary/aromatic N) is 2. The van der Waals surface area contributed by atoms with Crippen LogP contribution in [0.5, 0.6) is 0 Å². The average Bonchev–Trinajstić information content (AvgIpc) is 2.99. The van der Waals surface area contributed by atoms with E-state index in [9.17, 15) is 14.8 Å². The van der Waals surface area contributed by atoms with Crippen molar-refractivity contribution in [3.63, 3.8) is 0 Å². The molecule has 0 bridgehead atoms. The van der Waals surface area contributed by atoms with Gasteiger partial charge in [0, 0.05) is 11.1 Å². The van der Waals surface area contributed by atoms with Crippen LogP contribution in [-0.2, 0) is 4.74 Å². The molecule has 1 atom stereocenters. The molecule has 1 amide bonds. The zero-order chi connectivity index (χ0) is 20.5. The highest BCUT2D eigenvalue weighted by molar-refractivity contribution is 6.58. The van der Waals surface area contributed by atoms with Crippen LogP contribution in [0.3, 0.4) is 0 Å². The minimum absolute atomic E-state index is 0.318. The third kappa shape index (κ3) is 4.35. The third-order valence-corrected chi connectivity index (χ3v) is 4.16. The molecule has 0 fully saturated rings. The number of alkyl carbamates (subject to hydrolysis) is 1. The zero-order valence-electron chi connectivity index (χ0n) is 16.4. The van der Waals surface area contributed by atoms with Gasteiger partial charge in [-0.1, -0.05) is 18.2 Å². The number of benzene rings is 1. The number of carbonyl (C=O) groups is 1. The van der Waals surface area contributed by atoms with Crippen LogP contribution in [0.2, 0.25) is 0 Å². The highest BCUT2D eigenvalue weighted by Gasteiger charge is 2.23. The van der Waals surface area contributed by atoms with Crippen LogP contribution in [0, 0.1) is 0 Å². The highest BCUT2D eigenvalue weighted by Crippen LogP contribution is 2.21. The molecule has 28 heavy (non-hydrogen) atoms. The average molecular weight is 381 g/mol. The Bertz CT molecular complexity index is 980. The maximum Gasteiger partial charge on any atom is 0.506 e. The molecule has 3 aromatic rings. The topological polar surface area (TPSA) is 96.6 Å². The van der Waals surface area contributed by atoms with Crippen LogP contribution in [0.1, 0.15) is 39.4 Å².